The van der Waals surface area contributed by atoms with Crippen molar-refractivity contribution in [1.29, 1.82) is 0 Å². The van der Waals surface area contributed by atoms with E-state index in [1.54, 1.807) is 60.7 Å². The number of aliphatic hydroxyl groups is 1. The van der Waals surface area contributed by atoms with Crippen molar-refractivity contribution in [3.63, 3.8) is 0 Å². The van der Waals surface area contributed by atoms with Crippen molar-refractivity contribution in [3.8, 4) is 11.4 Å². The van der Waals surface area contributed by atoms with Gasteiger partial charge in [-0.1, -0.05) is 49.2 Å². The summed E-state index contributed by atoms with van der Waals surface area (Å²) in [5.41, 5.74) is 9.64. The highest BCUT2D eigenvalue weighted by Gasteiger charge is 2.62. The zero-order valence-electron chi connectivity index (χ0n) is 22.8. The lowest BCUT2D eigenvalue weighted by molar-refractivity contribution is -0.119. The number of fused-ring (bicyclic) bond motifs is 4. The summed E-state index contributed by atoms with van der Waals surface area (Å²) in [5.74, 6) is -0.543. The highest BCUT2D eigenvalue weighted by molar-refractivity contribution is 6.31. The number of aryl methyl sites for hydroxylation is 1. The number of methoxy groups -OCH3 is 1. The van der Waals surface area contributed by atoms with Gasteiger partial charge in [-0.25, -0.2) is 0 Å². The molecule has 1 spiro atoms. The van der Waals surface area contributed by atoms with Crippen LogP contribution in [0.3, 0.4) is 0 Å². The first kappa shape index (κ1) is 27.2. The molecule has 4 aromatic rings. The van der Waals surface area contributed by atoms with Gasteiger partial charge in [-0.05, 0) is 60.9 Å². The van der Waals surface area contributed by atoms with E-state index in [1.807, 2.05) is 37.5 Å². The molecule has 0 saturated carbocycles. The fourth-order valence-corrected chi connectivity index (χ4v) is 6.62. The molecule has 1 aromatic heterocycles. The molecule has 2 atom stereocenters. The highest BCUT2D eigenvalue weighted by Crippen LogP contribution is 2.59. The first-order valence-electron chi connectivity index (χ1n) is 13.1. The number of hydrogen-bond donors (Lipinski definition) is 3. The van der Waals surface area contributed by atoms with Crippen molar-refractivity contribution in [2.45, 2.75) is 38.5 Å². The Morgan fingerprint density at radius 3 is 2.46 bits per heavy atom. The van der Waals surface area contributed by atoms with E-state index in [4.69, 9.17) is 33.7 Å². The summed E-state index contributed by atoms with van der Waals surface area (Å²) in [6, 6.07) is 15.6. The number of hydrogen-bond acceptors (Lipinski definition) is 5. The molecule has 210 valence electrons. The van der Waals surface area contributed by atoms with E-state index in [0.717, 1.165) is 11.3 Å². The summed E-state index contributed by atoms with van der Waals surface area (Å²) in [5, 5.41) is 16.1. The highest BCUT2D eigenvalue weighted by atomic mass is 35.5. The van der Waals surface area contributed by atoms with Gasteiger partial charge in [0, 0.05) is 55.6 Å². The molecule has 0 saturated heterocycles. The summed E-state index contributed by atoms with van der Waals surface area (Å²) >= 11 is 12.8. The standard InChI is InChI=1S/C31H28Cl2N4O4/c1-15(2)27-26-20(14-36(27)24-11-17(28(34)38)6-10-25(24)41-4)29(39)37(23-13-19(33)7-5-16(23)3)31(26)21-9-8-18(32)12-22(21)35-30(31)40/h5-15,29,39H,1-4H3,(H2,34,38)(H,35,40). The van der Waals surface area contributed by atoms with Gasteiger partial charge in [0.1, 0.15) is 5.75 Å². The van der Waals surface area contributed by atoms with Crippen molar-refractivity contribution in [3.05, 3.63) is 104 Å². The van der Waals surface area contributed by atoms with E-state index < -0.39 is 17.7 Å². The van der Waals surface area contributed by atoms with Crippen LogP contribution >= 0.6 is 23.2 Å². The zero-order chi connectivity index (χ0) is 29.4. The first-order chi connectivity index (χ1) is 19.5. The van der Waals surface area contributed by atoms with Crippen LogP contribution in [-0.2, 0) is 10.3 Å². The number of aliphatic hydroxyl groups excluding tert-OH is 1. The minimum atomic E-state index is -1.45. The molecule has 4 N–H and O–H groups in total. The largest absolute Gasteiger partial charge is 0.495 e. The summed E-state index contributed by atoms with van der Waals surface area (Å²) in [7, 11) is 1.54. The molecule has 8 nitrogen and oxygen atoms in total. The molecule has 41 heavy (non-hydrogen) atoms. The number of primary amides is 1. The lowest BCUT2D eigenvalue weighted by Gasteiger charge is -2.39. The molecule has 3 heterocycles. The van der Waals surface area contributed by atoms with E-state index in [9.17, 15) is 14.7 Å². The Bertz CT molecular complexity index is 1770. The number of nitrogens with one attached hydrogen (secondary N) is 1. The van der Waals surface area contributed by atoms with Crippen molar-refractivity contribution in [1.82, 2.24) is 4.57 Å². The number of ether oxygens (including phenoxy) is 1. The number of benzene rings is 3. The van der Waals surface area contributed by atoms with Crippen LogP contribution in [0.4, 0.5) is 11.4 Å². The number of amides is 2. The van der Waals surface area contributed by atoms with E-state index >= 15 is 0 Å². The van der Waals surface area contributed by atoms with E-state index in [0.29, 0.717) is 55.1 Å². The Balaban J connectivity index is 1.74. The average molecular weight is 591 g/mol. The van der Waals surface area contributed by atoms with Gasteiger partial charge < -0.3 is 30.4 Å². The maximum Gasteiger partial charge on any atom is 0.259 e. The Kier molecular flexibility index (Phi) is 6.33. The van der Waals surface area contributed by atoms with Crippen LogP contribution in [0, 0.1) is 6.92 Å². The maximum absolute atomic E-state index is 14.4. The van der Waals surface area contributed by atoms with Crippen molar-refractivity contribution in [2.75, 3.05) is 17.3 Å². The summed E-state index contributed by atoms with van der Waals surface area (Å²) in [6.45, 7) is 5.94. The third-order valence-corrected chi connectivity index (χ3v) is 8.44. The minimum Gasteiger partial charge on any atom is -0.495 e. The van der Waals surface area contributed by atoms with E-state index in [2.05, 4.69) is 5.32 Å². The van der Waals surface area contributed by atoms with Gasteiger partial charge in [-0.3, -0.25) is 9.59 Å². The molecule has 0 aliphatic carbocycles. The average Bonchev–Trinajstić information content (AvgIpc) is 3.53. The maximum atomic E-state index is 14.4. The minimum absolute atomic E-state index is 0.130. The molecule has 0 fully saturated rings. The number of aromatic nitrogens is 1. The van der Waals surface area contributed by atoms with Crippen molar-refractivity contribution < 1.29 is 19.4 Å². The van der Waals surface area contributed by atoms with Crippen LogP contribution in [0.2, 0.25) is 10.0 Å². The molecule has 3 aromatic carbocycles. The van der Waals surface area contributed by atoms with E-state index in [1.165, 1.54) is 0 Å². The number of anilines is 2. The number of nitrogens with two attached hydrogens (primary N) is 1. The smallest absolute Gasteiger partial charge is 0.259 e. The molecule has 10 heteroatoms. The molecule has 0 radical (unpaired) electrons. The number of nitrogens with zero attached hydrogens (tertiary/aromatic N) is 2. The number of halogens is 2. The second-order valence-corrected chi connectivity index (χ2v) is 11.5. The van der Waals surface area contributed by atoms with Gasteiger partial charge >= 0.3 is 0 Å². The quantitative estimate of drug-likeness (QED) is 0.263. The molecule has 6 rings (SSSR count). The van der Waals surface area contributed by atoms with Crippen LogP contribution in [-0.4, -0.2) is 28.6 Å². The summed E-state index contributed by atoms with van der Waals surface area (Å²) < 4.78 is 7.55. The first-order valence-corrected chi connectivity index (χ1v) is 13.8. The van der Waals surface area contributed by atoms with Crippen LogP contribution in [0.15, 0.2) is 60.8 Å². The fraction of sp³-hybridized carbons (Fsp3) is 0.226. The van der Waals surface area contributed by atoms with Gasteiger partial charge in [-0.15, -0.1) is 0 Å². The fourth-order valence-electron chi connectivity index (χ4n) is 6.28. The third kappa shape index (κ3) is 3.78. The van der Waals surface area contributed by atoms with Crippen molar-refractivity contribution in [2.24, 2.45) is 5.73 Å². The van der Waals surface area contributed by atoms with Crippen LogP contribution in [0.1, 0.15) is 64.3 Å². The van der Waals surface area contributed by atoms with Gasteiger partial charge in [0.15, 0.2) is 11.8 Å². The third-order valence-electron chi connectivity index (χ3n) is 7.97. The molecule has 2 aliphatic rings. The Labute approximate surface area is 247 Å². The summed E-state index contributed by atoms with van der Waals surface area (Å²) in [6.07, 6.45) is 0.583. The van der Waals surface area contributed by atoms with Crippen molar-refractivity contribution >= 4 is 46.4 Å². The second kappa shape index (κ2) is 9.55. The molecular formula is C31H28Cl2N4O4. The monoisotopic (exact) mass is 590 g/mol. The van der Waals surface area contributed by atoms with Gasteiger partial charge in [0.05, 0.1) is 12.8 Å². The zero-order valence-corrected chi connectivity index (χ0v) is 24.3. The topological polar surface area (TPSA) is 110 Å². The molecular weight excluding hydrogens is 563 g/mol. The molecule has 0 bridgehead atoms. The predicted molar refractivity (Wildman–Crippen MR) is 159 cm³/mol. The predicted octanol–water partition coefficient (Wildman–Crippen LogP) is 6.03. The summed E-state index contributed by atoms with van der Waals surface area (Å²) in [4.78, 5) is 28.3. The van der Waals surface area contributed by atoms with Gasteiger partial charge in [-0.2, -0.15) is 0 Å². The normalized spacial score (nSPS) is 19.1. The molecule has 2 amide bonds. The lowest BCUT2D eigenvalue weighted by Crippen LogP contribution is -2.50. The van der Waals surface area contributed by atoms with Gasteiger partial charge in [0.2, 0.25) is 5.91 Å². The molecule has 2 unspecified atom stereocenters. The lowest BCUT2D eigenvalue weighted by atomic mass is 9.81. The van der Waals surface area contributed by atoms with Crippen LogP contribution in [0.5, 0.6) is 5.75 Å². The Hall–Kier alpha value is -3.98. The second-order valence-electron chi connectivity index (χ2n) is 10.6. The van der Waals surface area contributed by atoms with E-state index in [-0.39, 0.29) is 11.8 Å². The SMILES string of the molecule is COc1ccc(C(N)=O)cc1-n1cc2c(c1C(C)C)C1(C(=O)Nc3cc(Cl)ccc31)N(c1cc(Cl)ccc1C)C2O. The Morgan fingerprint density at radius 2 is 1.78 bits per heavy atom. The van der Waals surface area contributed by atoms with Gasteiger partial charge in [0.25, 0.3) is 5.91 Å². The number of carbonyl (C=O) groups is 2. The van der Waals surface area contributed by atoms with Crippen LogP contribution < -0.4 is 20.7 Å². The van der Waals surface area contributed by atoms with Crippen LogP contribution in [0.25, 0.3) is 5.69 Å². The molecule has 2 aliphatic heterocycles. The Morgan fingerprint density at radius 1 is 1.07 bits per heavy atom. The number of carbonyl (C=O) groups excluding carboxylic acids is 2. The number of rotatable bonds is 5.